The van der Waals surface area contributed by atoms with Gasteiger partial charge in [-0.05, 0) is 32.0 Å². The van der Waals surface area contributed by atoms with Crippen LogP contribution in [0.4, 0.5) is 0 Å². The van der Waals surface area contributed by atoms with Gasteiger partial charge in [0.15, 0.2) is 0 Å². The van der Waals surface area contributed by atoms with E-state index >= 15 is 0 Å². The van der Waals surface area contributed by atoms with Crippen LogP contribution in [0.15, 0.2) is 24.3 Å². The highest BCUT2D eigenvalue weighted by Gasteiger charge is 2.13. The lowest BCUT2D eigenvalue weighted by molar-refractivity contribution is 0.514. The van der Waals surface area contributed by atoms with Crippen molar-refractivity contribution in [3.05, 3.63) is 30.1 Å². The van der Waals surface area contributed by atoms with Crippen molar-refractivity contribution in [2.45, 2.75) is 25.9 Å². The number of para-hydroxylation sites is 2. The van der Waals surface area contributed by atoms with E-state index in [-0.39, 0.29) is 0 Å². The minimum absolute atomic E-state index is 0.639. The number of nitrogens with zero attached hydrogens (tertiary/aromatic N) is 2. The highest BCUT2D eigenvalue weighted by molar-refractivity contribution is 5.75. The summed E-state index contributed by atoms with van der Waals surface area (Å²) >= 11 is 0. The lowest BCUT2D eigenvalue weighted by Gasteiger charge is -2.12. The summed E-state index contributed by atoms with van der Waals surface area (Å²) in [7, 11) is 0. The molecule has 0 spiro atoms. The van der Waals surface area contributed by atoms with E-state index in [0.29, 0.717) is 6.04 Å². The van der Waals surface area contributed by atoms with Gasteiger partial charge in [-0.25, -0.2) is 4.98 Å². The first-order valence-corrected chi connectivity index (χ1v) is 6.70. The maximum absolute atomic E-state index is 4.59. The van der Waals surface area contributed by atoms with Gasteiger partial charge in [0.2, 0.25) is 0 Å². The van der Waals surface area contributed by atoms with Gasteiger partial charge in [-0.15, -0.1) is 0 Å². The van der Waals surface area contributed by atoms with E-state index in [9.17, 15) is 0 Å². The maximum Gasteiger partial charge on any atom is 0.106 e. The zero-order chi connectivity index (χ0) is 12.4. The van der Waals surface area contributed by atoms with E-state index in [0.717, 1.165) is 37.5 Å². The third-order valence-corrected chi connectivity index (χ3v) is 3.67. The minimum atomic E-state index is 0.639. The van der Waals surface area contributed by atoms with Gasteiger partial charge in [-0.2, -0.15) is 0 Å². The smallest absolute Gasteiger partial charge is 0.106 e. The Morgan fingerprint density at radius 2 is 2.33 bits per heavy atom. The molecule has 4 heteroatoms. The van der Waals surface area contributed by atoms with Crippen LogP contribution in [0, 0.1) is 6.92 Å². The predicted molar refractivity (Wildman–Crippen MR) is 73.7 cm³/mol. The Kier molecular flexibility index (Phi) is 3.30. The van der Waals surface area contributed by atoms with Crippen molar-refractivity contribution in [1.29, 1.82) is 0 Å². The molecule has 0 amide bonds. The van der Waals surface area contributed by atoms with Crippen LogP contribution >= 0.6 is 0 Å². The molecule has 1 aliphatic rings. The summed E-state index contributed by atoms with van der Waals surface area (Å²) in [5, 5.41) is 6.98. The summed E-state index contributed by atoms with van der Waals surface area (Å²) in [4.78, 5) is 4.59. The van der Waals surface area contributed by atoms with Crippen LogP contribution in [0.2, 0.25) is 0 Å². The molecule has 1 aromatic heterocycles. The number of aryl methyl sites for hydroxylation is 1. The Hall–Kier alpha value is -1.39. The molecule has 2 N–H and O–H groups in total. The second-order valence-corrected chi connectivity index (χ2v) is 4.94. The molecule has 2 aromatic rings. The first kappa shape index (κ1) is 11.7. The van der Waals surface area contributed by atoms with E-state index in [1.54, 1.807) is 0 Å². The zero-order valence-electron chi connectivity index (χ0n) is 10.8. The molecule has 1 atom stereocenters. The zero-order valence-corrected chi connectivity index (χ0v) is 10.8. The Labute approximate surface area is 107 Å². The molecule has 0 radical (unpaired) electrons. The minimum Gasteiger partial charge on any atom is -0.327 e. The number of nitrogens with one attached hydrogen (secondary N) is 2. The standard InChI is InChI=1S/C14H20N4/c1-11-17-13-4-2-3-5-14(13)18(11)9-8-16-12-6-7-15-10-12/h2-5,12,15-16H,6-10H2,1H3. The van der Waals surface area contributed by atoms with Crippen molar-refractivity contribution in [2.75, 3.05) is 19.6 Å². The fraction of sp³-hybridized carbons (Fsp3) is 0.500. The Balaban J connectivity index is 1.68. The highest BCUT2D eigenvalue weighted by Crippen LogP contribution is 2.14. The number of benzene rings is 1. The molecular formula is C14H20N4. The monoisotopic (exact) mass is 244 g/mol. The summed E-state index contributed by atoms with van der Waals surface area (Å²) in [6.07, 6.45) is 1.24. The molecule has 4 nitrogen and oxygen atoms in total. The second-order valence-electron chi connectivity index (χ2n) is 4.94. The van der Waals surface area contributed by atoms with Crippen LogP contribution in [0.5, 0.6) is 0 Å². The van der Waals surface area contributed by atoms with Gasteiger partial charge in [-0.3, -0.25) is 0 Å². The molecule has 0 saturated carbocycles. The van der Waals surface area contributed by atoms with Crippen molar-refractivity contribution >= 4 is 11.0 Å². The van der Waals surface area contributed by atoms with Gasteiger partial charge in [0.25, 0.3) is 0 Å². The Morgan fingerprint density at radius 1 is 1.44 bits per heavy atom. The number of aromatic nitrogens is 2. The number of fused-ring (bicyclic) bond motifs is 1. The van der Waals surface area contributed by atoms with E-state index in [4.69, 9.17) is 0 Å². The topological polar surface area (TPSA) is 41.9 Å². The van der Waals surface area contributed by atoms with Gasteiger partial charge in [0.1, 0.15) is 5.82 Å². The lowest BCUT2D eigenvalue weighted by Crippen LogP contribution is -2.33. The van der Waals surface area contributed by atoms with Crippen molar-refractivity contribution < 1.29 is 0 Å². The molecule has 0 aliphatic carbocycles. The highest BCUT2D eigenvalue weighted by atomic mass is 15.1. The van der Waals surface area contributed by atoms with Crippen LogP contribution in [-0.2, 0) is 6.54 Å². The van der Waals surface area contributed by atoms with Crippen LogP contribution in [0.25, 0.3) is 11.0 Å². The first-order chi connectivity index (χ1) is 8.84. The fourth-order valence-electron chi connectivity index (χ4n) is 2.69. The quantitative estimate of drug-likeness (QED) is 0.852. The SMILES string of the molecule is Cc1nc2ccccc2n1CCNC1CCNC1. The molecule has 1 aliphatic heterocycles. The molecule has 96 valence electrons. The van der Waals surface area contributed by atoms with Crippen molar-refractivity contribution in [3.63, 3.8) is 0 Å². The first-order valence-electron chi connectivity index (χ1n) is 6.70. The van der Waals surface area contributed by atoms with Gasteiger partial charge in [0, 0.05) is 25.7 Å². The van der Waals surface area contributed by atoms with E-state index in [2.05, 4.69) is 45.3 Å². The fourth-order valence-corrected chi connectivity index (χ4v) is 2.69. The van der Waals surface area contributed by atoms with Gasteiger partial charge in [-0.1, -0.05) is 12.1 Å². The van der Waals surface area contributed by atoms with E-state index < -0.39 is 0 Å². The Morgan fingerprint density at radius 3 is 3.17 bits per heavy atom. The summed E-state index contributed by atoms with van der Waals surface area (Å²) in [6.45, 7) is 6.32. The normalized spacial score (nSPS) is 19.7. The summed E-state index contributed by atoms with van der Waals surface area (Å²) in [5.41, 5.74) is 2.33. The van der Waals surface area contributed by atoms with E-state index in [1.165, 1.54) is 11.9 Å². The van der Waals surface area contributed by atoms with Crippen molar-refractivity contribution in [1.82, 2.24) is 20.2 Å². The number of hydrogen-bond acceptors (Lipinski definition) is 3. The van der Waals surface area contributed by atoms with Gasteiger partial charge in [0.05, 0.1) is 11.0 Å². The summed E-state index contributed by atoms with van der Waals surface area (Å²) < 4.78 is 2.30. The molecule has 1 saturated heterocycles. The summed E-state index contributed by atoms with van der Waals surface area (Å²) in [6, 6.07) is 8.98. The Bertz CT molecular complexity index is 526. The third-order valence-electron chi connectivity index (χ3n) is 3.67. The largest absolute Gasteiger partial charge is 0.327 e. The molecule has 0 bridgehead atoms. The number of rotatable bonds is 4. The van der Waals surface area contributed by atoms with Gasteiger partial charge >= 0.3 is 0 Å². The maximum atomic E-state index is 4.59. The van der Waals surface area contributed by atoms with Gasteiger partial charge < -0.3 is 15.2 Å². The average Bonchev–Trinajstić information content (AvgIpc) is 2.98. The van der Waals surface area contributed by atoms with Crippen LogP contribution in [0.1, 0.15) is 12.2 Å². The second kappa shape index (κ2) is 5.08. The van der Waals surface area contributed by atoms with Crippen molar-refractivity contribution in [2.24, 2.45) is 0 Å². The molecule has 3 rings (SSSR count). The number of imidazole rings is 1. The molecule has 2 heterocycles. The molecule has 1 aromatic carbocycles. The average molecular weight is 244 g/mol. The van der Waals surface area contributed by atoms with Crippen LogP contribution in [0.3, 0.4) is 0 Å². The van der Waals surface area contributed by atoms with Crippen LogP contribution in [-0.4, -0.2) is 35.2 Å². The molecule has 1 fully saturated rings. The third kappa shape index (κ3) is 2.26. The van der Waals surface area contributed by atoms with Crippen LogP contribution < -0.4 is 10.6 Å². The van der Waals surface area contributed by atoms with Crippen molar-refractivity contribution in [3.8, 4) is 0 Å². The molecule has 1 unspecified atom stereocenters. The predicted octanol–water partition coefficient (Wildman–Crippen LogP) is 1.30. The molecule has 18 heavy (non-hydrogen) atoms. The molecular weight excluding hydrogens is 224 g/mol. The number of hydrogen-bond donors (Lipinski definition) is 2. The summed E-state index contributed by atoms with van der Waals surface area (Å²) in [5.74, 6) is 1.10. The van der Waals surface area contributed by atoms with E-state index in [1.807, 2.05) is 6.07 Å². The lowest BCUT2D eigenvalue weighted by atomic mass is 10.2.